The number of carboxylic acids is 1. The third-order valence-corrected chi connectivity index (χ3v) is 2.34. The maximum absolute atomic E-state index is 11.3. The molecule has 0 spiro atoms. The predicted molar refractivity (Wildman–Crippen MR) is 63.7 cm³/mol. The van der Waals surface area contributed by atoms with Gasteiger partial charge in [0.1, 0.15) is 6.61 Å². The second kappa shape index (κ2) is 7.45. The summed E-state index contributed by atoms with van der Waals surface area (Å²) in [5.41, 5.74) is 0.867. The standard InChI is InChI=1S/C13H16O5/c14-11(6-7-12(15)16)8-13(17)18-9-10-4-2-1-3-5-10/h1-5,11,14H,6-9H2,(H,15,16)/t11-/m0/s1. The molecule has 0 unspecified atom stereocenters. The van der Waals surface area contributed by atoms with Crippen LogP contribution in [0.1, 0.15) is 24.8 Å². The van der Waals surface area contributed by atoms with Crippen LogP contribution in [0.4, 0.5) is 0 Å². The Labute approximate surface area is 105 Å². The second-order valence-corrected chi connectivity index (χ2v) is 3.94. The first-order valence-electron chi connectivity index (χ1n) is 5.67. The zero-order valence-electron chi connectivity index (χ0n) is 9.91. The summed E-state index contributed by atoms with van der Waals surface area (Å²) in [7, 11) is 0. The first-order chi connectivity index (χ1) is 8.58. The molecule has 5 heteroatoms. The van der Waals surface area contributed by atoms with Crippen molar-refractivity contribution in [2.24, 2.45) is 0 Å². The average Bonchev–Trinajstić information content (AvgIpc) is 2.35. The molecule has 1 atom stereocenters. The van der Waals surface area contributed by atoms with Crippen LogP contribution in [0.3, 0.4) is 0 Å². The van der Waals surface area contributed by atoms with E-state index in [0.717, 1.165) is 5.56 Å². The van der Waals surface area contributed by atoms with Gasteiger partial charge in [-0.15, -0.1) is 0 Å². The number of aliphatic hydroxyl groups excluding tert-OH is 1. The molecule has 98 valence electrons. The maximum Gasteiger partial charge on any atom is 0.308 e. The average molecular weight is 252 g/mol. The highest BCUT2D eigenvalue weighted by molar-refractivity contribution is 5.70. The number of benzene rings is 1. The van der Waals surface area contributed by atoms with Crippen LogP contribution in [0.5, 0.6) is 0 Å². The largest absolute Gasteiger partial charge is 0.481 e. The lowest BCUT2D eigenvalue weighted by molar-refractivity contribution is -0.148. The fourth-order valence-electron chi connectivity index (χ4n) is 1.38. The number of rotatable bonds is 7. The van der Waals surface area contributed by atoms with Gasteiger partial charge in [0.2, 0.25) is 0 Å². The SMILES string of the molecule is O=C(O)CC[C@H](O)CC(=O)OCc1ccccc1. The molecule has 1 rings (SSSR count). The zero-order chi connectivity index (χ0) is 13.4. The summed E-state index contributed by atoms with van der Waals surface area (Å²) in [6.07, 6.45) is -1.26. The Balaban J connectivity index is 2.23. The summed E-state index contributed by atoms with van der Waals surface area (Å²) >= 11 is 0. The van der Waals surface area contributed by atoms with Crippen LogP contribution >= 0.6 is 0 Å². The van der Waals surface area contributed by atoms with E-state index in [0.29, 0.717) is 0 Å². The van der Waals surface area contributed by atoms with E-state index in [1.165, 1.54) is 0 Å². The minimum atomic E-state index is -0.994. The van der Waals surface area contributed by atoms with E-state index in [2.05, 4.69) is 0 Å². The van der Waals surface area contributed by atoms with E-state index in [9.17, 15) is 14.7 Å². The van der Waals surface area contributed by atoms with Crippen LogP contribution in [0, 0.1) is 0 Å². The number of aliphatic carboxylic acids is 1. The third kappa shape index (κ3) is 6.00. The number of ether oxygens (including phenoxy) is 1. The van der Waals surface area contributed by atoms with Crippen molar-refractivity contribution in [3.63, 3.8) is 0 Å². The molecule has 0 aliphatic heterocycles. The van der Waals surface area contributed by atoms with Gasteiger partial charge in [0, 0.05) is 6.42 Å². The quantitative estimate of drug-likeness (QED) is 0.715. The minimum Gasteiger partial charge on any atom is -0.481 e. The van der Waals surface area contributed by atoms with E-state index in [1.807, 2.05) is 30.3 Å². The van der Waals surface area contributed by atoms with Gasteiger partial charge in [0.05, 0.1) is 12.5 Å². The fourth-order valence-corrected chi connectivity index (χ4v) is 1.38. The van der Waals surface area contributed by atoms with Crippen molar-refractivity contribution >= 4 is 11.9 Å². The van der Waals surface area contributed by atoms with Gasteiger partial charge >= 0.3 is 11.9 Å². The smallest absolute Gasteiger partial charge is 0.308 e. The molecule has 0 aromatic heterocycles. The molecule has 0 heterocycles. The number of hydrogen-bond donors (Lipinski definition) is 2. The molecule has 0 aliphatic carbocycles. The Morgan fingerprint density at radius 1 is 1.22 bits per heavy atom. The number of hydrogen-bond acceptors (Lipinski definition) is 4. The van der Waals surface area contributed by atoms with Crippen LogP contribution in [0.25, 0.3) is 0 Å². The van der Waals surface area contributed by atoms with Crippen LogP contribution in [-0.4, -0.2) is 28.3 Å². The van der Waals surface area contributed by atoms with Crippen LogP contribution in [0.15, 0.2) is 30.3 Å². The summed E-state index contributed by atoms with van der Waals surface area (Å²) in [5, 5.41) is 17.8. The topological polar surface area (TPSA) is 83.8 Å². The Bertz CT molecular complexity index is 388. The second-order valence-electron chi connectivity index (χ2n) is 3.94. The molecule has 0 bridgehead atoms. The van der Waals surface area contributed by atoms with Crippen molar-refractivity contribution in [1.82, 2.24) is 0 Å². The monoisotopic (exact) mass is 252 g/mol. The number of carbonyl (C=O) groups is 2. The summed E-state index contributed by atoms with van der Waals surface area (Å²) in [6.45, 7) is 0.158. The Morgan fingerprint density at radius 3 is 2.50 bits per heavy atom. The first kappa shape index (κ1) is 14.2. The van der Waals surface area contributed by atoms with Crippen molar-refractivity contribution in [1.29, 1.82) is 0 Å². The van der Waals surface area contributed by atoms with Crippen molar-refractivity contribution in [2.45, 2.75) is 32.0 Å². The van der Waals surface area contributed by atoms with Crippen LogP contribution in [0.2, 0.25) is 0 Å². The molecule has 5 nitrogen and oxygen atoms in total. The van der Waals surface area contributed by atoms with Crippen molar-refractivity contribution in [3.05, 3.63) is 35.9 Å². The summed E-state index contributed by atoms with van der Waals surface area (Å²) in [5.74, 6) is -1.52. The number of aliphatic hydroxyl groups is 1. The molecule has 0 saturated carbocycles. The van der Waals surface area contributed by atoms with Gasteiger partial charge < -0.3 is 14.9 Å². The maximum atomic E-state index is 11.3. The lowest BCUT2D eigenvalue weighted by Gasteiger charge is -2.09. The van der Waals surface area contributed by atoms with E-state index in [4.69, 9.17) is 9.84 Å². The summed E-state index contributed by atoms with van der Waals surface area (Å²) < 4.78 is 4.96. The Hall–Kier alpha value is -1.88. The molecular formula is C13H16O5. The third-order valence-electron chi connectivity index (χ3n) is 2.34. The van der Waals surface area contributed by atoms with Crippen molar-refractivity contribution < 1.29 is 24.5 Å². The van der Waals surface area contributed by atoms with E-state index in [1.54, 1.807) is 0 Å². The van der Waals surface area contributed by atoms with Gasteiger partial charge in [-0.2, -0.15) is 0 Å². The van der Waals surface area contributed by atoms with E-state index < -0.39 is 18.0 Å². The van der Waals surface area contributed by atoms with Gasteiger partial charge in [0.25, 0.3) is 0 Å². The van der Waals surface area contributed by atoms with Gasteiger partial charge in [-0.25, -0.2) is 0 Å². The van der Waals surface area contributed by atoms with Gasteiger partial charge in [-0.05, 0) is 12.0 Å². The molecule has 1 aromatic carbocycles. The Morgan fingerprint density at radius 2 is 1.89 bits per heavy atom. The van der Waals surface area contributed by atoms with E-state index in [-0.39, 0.29) is 25.9 Å². The normalized spacial score (nSPS) is 11.8. The summed E-state index contributed by atoms with van der Waals surface area (Å²) in [4.78, 5) is 21.6. The van der Waals surface area contributed by atoms with Gasteiger partial charge in [0.15, 0.2) is 0 Å². The number of esters is 1. The van der Waals surface area contributed by atoms with Gasteiger partial charge in [-0.3, -0.25) is 9.59 Å². The highest BCUT2D eigenvalue weighted by Crippen LogP contribution is 2.06. The predicted octanol–water partition coefficient (Wildman–Crippen LogP) is 1.35. The number of carbonyl (C=O) groups excluding carboxylic acids is 1. The molecule has 2 N–H and O–H groups in total. The van der Waals surface area contributed by atoms with E-state index >= 15 is 0 Å². The van der Waals surface area contributed by atoms with Crippen molar-refractivity contribution in [3.8, 4) is 0 Å². The lowest BCUT2D eigenvalue weighted by atomic mass is 10.1. The molecule has 1 aromatic rings. The molecule has 0 aliphatic rings. The van der Waals surface area contributed by atoms with Crippen molar-refractivity contribution in [2.75, 3.05) is 0 Å². The first-order valence-corrected chi connectivity index (χ1v) is 5.67. The molecule has 0 saturated heterocycles. The fraction of sp³-hybridized carbons (Fsp3) is 0.385. The molecule has 0 amide bonds. The highest BCUT2D eigenvalue weighted by atomic mass is 16.5. The molecule has 0 radical (unpaired) electrons. The molecule has 18 heavy (non-hydrogen) atoms. The van der Waals surface area contributed by atoms with Crippen LogP contribution in [-0.2, 0) is 20.9 Å². The zero-order valence-corrected chi connectivity index (χ0v) is 9.91. The Kier molecular flexibility index (Phi) is 5.87. The lowest BCUT2D eigenvalue weighted by Crippen LogP contribution is -2.16. The minimum absolute atomic E-state index is 0.0514. The van der Waals surface area contributed by atoms with Crippen LogP contribution < -0.4 is 0 Å². The highest BCUT2D eigenvalue weighted by Gasteiger charge is 2.13. The number of carboxylic acid groups (broad SMARTS) is 1. The summed E-state index contributed by atoms with van der Waals surface area (Å²) in [6, 6.07) is 9.19. The van der Waals surface area contributed by atoms with Gasteiger partial charge in [-0.1, -0.05) is 30.3 Å². The molecule has 0 fully saturated rings. The molecular weight excluding hydrogens is 236 g/mol.